The van der Waals surface area contributed by atoms with Gasteiger partial charge >= 0.3 is 0 Å². The van der Waals surface area contributed by atoms with Crippen LogP contribution in [0.25, 0.3) is 10.8 Å². The molecule has 27 heavy (non-hydrogen) atoms. The lowest BCUT2D eigenvalue weighted by Gasteiger charge is -2.14. The lowest BCUT2D eigenvalue weighted by molar-refractivity contribution is -0.119. The third kappa shape index (κ3) is 4.54. The number of ether oxygens (including phenoxy) is 2. The highest BCUT2D eigenvalue weighted by atomic mass is 32.1. The highest BCUT2D eigenvalue weighted by Crippen LogP contribution is 2.28. The zero-order chi connectivity index (χ0) is 19.2. The predicted octanol–water partition coefficient (Wildman–Crippen LogP) is 3.91. The maximum atomic E-state index is 12.4. The Balaban J connectivity index is 1.68. The number of fused-ring (bicyclic) bond motifs is 1. The Labute approximate surface area is 163 Å². The van der Waals surface area contributed by atoms with Gasteiger partial charge in [0.25, 0.3) is 0 Å². The summed E-state index contributed by atoms with van der Waals surface area (Å²) in [6, 6.07) is 19.2. The van der Waals surface area contributed by atoms with Crippen molar-refractivity contribution in [1.82, 2.24) is 5.32 Å². The zero-order valence-electron chi connectivity index (χ0n) is 15.1. The number of amides is 1. The summed E-state index contributed by atoms with van der Waals surface area (Å²) in [4.78, 5) is 12.4. The van der Waals surface area contributed by atoms with E-state index in [0.717, 1.165) is 16.3 Å². The van der Waals surface area contributed by atoms with Crippen molar-refractivity contribution in [2.75, 3.05) is 19.5 Å². The third-order valence-corrected chi connectivity index (χ3v) is 4.34. The van der Waals surface area contributed by atoms with Gasteiger partial charge in [-0.05, 0) is 40.7 Å². The molecule has 0 saturated carbocycles. The van der Waals surface area contributed by atoms with Gasteiger partial charge in [-0.25, -0.2) is 0 Å². The van der Waals surface area contributed by atoms with Gasteiger partial charge in [-0.3, -0.25) is 4.79 Å². The van der Waals surface area contributed by atoms with Crippen molar-refractivity contribution in [3.05, 3.63) is 66.2 Å². The van der Waals surface area contributed by atoms with Crippen LogP contribution in [0.3, 0.4) is 0 Å². The molecule has 0 aliphatic carbocycles. The van der Waals surface area contributed by atoms with Crippen molar-refractivity contribution in [2.24, 2.45) is 0 Å². The normalized spacial score (nSPS) is 10.3. The minimum absolute atomic E-state index is 0.189. The van der Waals surface area contributed by atoms with Crippen LogP contribution in [0, 0.1) is 0 Å². The van der Waals surface area contributed by atoms with E-state index in [1.54, 1.807) is 32.4 Å². The van der Waals surface area contributed by atoms with E-state index >= 15 is 0 Å². The monoisotopic (exact) mass is 380 g/mol. The average molecular weight is 380 g/mol. The van der Waals surface area contributed by atoms with E-state index in [1.165, 1.54) is 0 Å². The van der Waals surface area contributed by atoms with Gasteiger partial charge in [-0.15, -0.1) is 0 Å². The lowest BCUT2D eigenvalue weighted by Crippen LogP contribution is -2.35. The van der Waals surface area contributed by atoms with Crippen LogP contribution in [-0.2, 0) is 11.2 Å². The maximum Gasteiger partial charge on any atom is 0.230 e. The summed E-state index contributed by atoms with van der Waals surface area (Å²) in [5.74, 6) is 1.07. The molecule has 0 aliphatic rings. The van der Waals surface area contributed by atoms with Gasteiger partial charge in [0, 0.05) is 6.07 Å². The first-order valence-electron chi connectivity index (χ1n) is 8.40. The van der Waals surface area contributed by atoms with Crippen LogP contribution in [0.15, 0.2) is 60.7 Å². The second-order valence-electron chi connectivity index (χ2n) is 5.88. The zero-order valence-corrected chi connectivity index (χ0v) is 15.9. The van der Waals surface area contributed by atoms with Crippen molar-refractivity contribution in [2.45, 2.75) is 6.42 Å². The molecule has 0 saturated heterocycles. The smallest absolute Gasteiger partial charge is 0.230 e. The van der Waals surface area contributed by atoms with Crippen LogP contribution in [0.1, 0.15) is 5.56 Å². The quantitative estimate of drug-likeness (QED) is 0.657. The Kier molecular flexibility index (Phi) is 5.88. The molecule has 138 valence electrons. The first-order valence-corrected chi connectivity index (χ1v) is 8.81. The lowest BCUT2D eigenvalue weighted by atomic mass is 10.0. The highest BCUT2D eigenvalue weighted by molar-refractivity contribution is 7.80. The fraction of sp³-hybridized carbons (Fsp3) is 0.143. The van der Waals surface area contributed by atoms with Crippen molar-refractivity contribution in [3.8, 4) is 11.5 Å². The van der Waals surface area contributed by atoms with E-state index in [2.05, 4.69) is 10.6 Å². The summed E-state index contributed by atoms with van der Waals surface area (Å²) in [6.07, 6.45) is 0.235. The Morgan fingerprint density at radius 2 is 1.78 bits per heavy atom. The number of thiocarbonyl (C=S) groups is 1. The van der Waals surface area contributed by atoms with Crippen LogP contribution in [0.4, 0.5) is 5.69 Å². The fourth-order valence-electron chi connectivity index (χ4n) is 2.86. The van der Waals surface area contributed by atoms with E-state index in [9.17, 15) is 4.79 Å². The molecule has 6 heteroatoms. The van der Waals surface area contributed by atoms with Crippen LogP contribution in [0.5, 0.6) is 11.5 Å². The molecule has 3 rings (SSSR count). The highest BCUT2D eigenvalue weighted by Gasteiger charge is 2.11. The van der Waals surface area contributed by atoms with Crippen molar-refractivity contribution < 1.29 is 14.3 Å². The molecule has 0 bridgehead atoms. The van der Waals surface area contributed by atoms with E-state index in [1.807, 2.05) is 42.5 Å². The molecule has 2 N–H and O–H groups in total. The summed E-state index contributed by atoms with van der Waals surface area (Å²) >= 11 is 5.27. The van der Waals surface area contributed by atoms with E-state index in [4.69, 9.17) is 21.7 Å². The van der Waals surface area contributed by atoms with E-state index in [-0.39, 0.29) is 17.4 Å². The number of benzene rings is 3. The van der Waals surface area contributed by atoms with Crippen LogP contribution >= 0.6 is 12.2 Å². The molecule has 0 spiro atoms. The topological polar surface area (TPSA) is 59.6 Å². The number of carbonyl (C=O) groups excluding carboxylic acids is 1. The Morgan fingerprint density at radius 3 is 2.56 bits per heavy atom. The van der Waals surface area contributed by atoms with E-state index < -0.39 is 0 Å². The van der Waals surface area contributed by atoms with Crippen LogP contribution in [0.2, 0.25) is 0 Å². The minimum Gasteiger partial charge on any atom is -0.497 e. The third-order valence-electron chi connectivity index (χ3n) is 4.14. The Morgan fingerprint density at radius 1 is 1.00 bits per heavy atom. The number of carbonyl (C=O) groups is 1. The number of rotatable bonds is 5. The summed E-state index contributed by atoms with van der Waals surface area (Å²) in [5.41, 5.74) is 1.57. The number of nitrogens with one attached hydrogen (secondary N) is 2. The minimum atomic E-state index is -0.189. The van der Waals surface area contributed by atoms with Gasteiger partial charge in [-0.2, -0.15) is 0 Å². The second-order valence-corrected chi connectivity index (χ2v) is 6.29. The van der Waals surface area contributed by atoms with Gasteiger partial charge in [0.1, 0.15) is 11.5 Å². The van der Waals surface area contributed by atoms with Gasteiger partial charge < -0.3 is 20.1 Å². The van der Waals surface area contributed by atoms with Crippen molar-refractivity contribution in [1.29, 1.82) is 0 Å². The van der Waals surface area contributed by atoms with Crippen LogP contribution < -0.4 is 20.1 Å². The molecule has 0 radical (unpaired) electrons. The molecule has 0 unspecified atom stereocenters. The van der Waals surface area contributed by atoms with Gasteiger partial charge in [-0.1, -0.05) is 42.5 Å². The molecular formula is C21H20N2O3S. The molecular weight excluding hydrogens is 360 g/mol. The first kappa shape index (κ1) is 18.7. The van der Waals surface area contributed by atoms with Gasteiger partial charge in [0.2, 0.25) is 5.91 Å². The Hall–Kier alpha value is -3.12. The summed E-state index contributed by atoms with van der Waals surface area (Å²) in [7, 11) is 3.14. The molecule has 3 aromatic rings. The molecule has 3 aromatic carbocycles. The number of anilines is 1. The first-order chi connectivity index (χ1) is 13.1. The largest absolute Gasteiger partial charge is 0.497 e. The van der Waals surface area contributed by atoms with Crippen LogP contribution in [-0.4, -0.2) is 25.2 Å². The van der Waals surface area contributed by atoms with E-state index in [0.29, 0.717) is 17.2 Å². The summed E-state index contributed by atoms with van der Waals surface area (Å²) in [6.45, 7) is 0. The van der Waals surface area contributed by atoms with Crippen molar-refractivity contribution in [3.63, 3.8) is 0 Å². The van der Waals surface area contributed by atoms with Gasteiger partial charge in [0.05, 0.1) is 26.3 Å². The Bertz CT molecular complexity index is 983. The standard InChI is InChI=1S/C21H20N2O3S/c1-25-16-10-11-19(26-2)18(13-16)22-21(27)23-20(24)12-15-8-5-7-14-6-3-4-9-17(14)15/h3-11,13H,12H2,1-2H3,(H2,22,23,24,27). The van der Waals surface area contributed by atoms with Gasteiger partial charge in [0.15, 0.2) is 5.11 Å². The number of hydrogen-bond acceptors (Lipinski definition) is 4. The maximum absolute atomic E-state index is 12.4. The predicted molar refractivity (Wildman–Crippen MR) is 112 cm³/mol. The number of methoxy groups -OCH3 is 2. The molecule has 0 fully saturated rings. The number of hydrogen-bond donors (Lipinski definition) is 2. The molecule has 1 amide bonds. The van der Waals surface area contributed by atoms with Crippen molar-refractivity contribution >= 4 is 39.7 Å². The summed E-state index contributed by atoms with van der Waals surface area (Å²) in [5, 5.41) is 8.06. The molecule has 0 aromatic heterocycles. The average Bonchev–Trinajstić information content (AvgIpc) is 2.68. The molecule has 0 atom stereocenters. The molecule has 0 aliphatic heterocycles. The SMILES string of the molecule is COc1ccc(OC)c(NC(=S)NC(=O)Cc2cccc3ccccc23)c1. The summed E-state index contributed by atoms with van der Waals surface area (Å²) < 4.78 is 10.5. The molecule has 0 heterocycles. The fourth-order valence-corrected chi connectivity index (χ4v) is 3.08. The molecule has 5 nitrogen and oxygen atoms in total. The second kappa shape index (κ2) is 8.51.